The predicted octanol–water partition coefficient (Wildman–Crippen LogP) is 4.73. The Morgan fingerprint density at radius 3 is 2.61 bits per heavy atom. The van der Waals surface area contributed by atoms with Crippen LogP contribution in [0.15, 0.2) is 42.5 Å². The lowest BCUT2D eigenvalue weighted by atomic mass is 10.1. The lowest BCUT2D eigenvalue weighted by Gasteiger charge is -2.26. The molecule has 2 aliphatic heterocycles. The zero-order chi connectivity index (χ0) is 24.7. The van der Waals surface area contributed by atoms with Gasteiger partial charge in [0.1, 0.15) is 5.82 Å². The third-order valence-corrected chi connectivity index (χ3v) is 7.68. The summed E-state index contributed by atoms with van der Waals surface area (Å²) in [5.74, 6) is -0.0438. The van der Waals surface area contributed by atoms with E-state index in [9.17, 15) is 9.18 Å². The molecule has 2 aliphatic rings. The molecule has 2 aromatic carbocycles. The van der Waals surface area contributed by atoms with Crippen LogP contribution in [-0.2, 0) is 0 Å². The fourth-order valence-corrected chi connectivity index (χ4v) is 5.70. The van der Waals surface area contributed by atoms with Crippen molar-refractivity contribution in [2.45, 2.75) is 38.5 Å². The first-order chi connectivity index (χ1) is 17.7. The molecule has 4 aromatic rings. The number of thiazole rings is 1. The number of fused-ring (bicyclic) bond motifs is 3. The minimum atomic E-state index is -0.343. The number of nitrogens with zero attached hydrogens (tertiary/aromatic N) is 4. The average Bonchev–Trinajstić information content (AvgIpc) is 3.66. The van der Waals surface area contributed by atoms with Gasteiger partial charge in [-0.25, -0.2) is 8.91 Å². The second kappa shape index (κ2) is 11.9. The molecule has 0 radical (unpaired) electrons. The van der Waals surface area contributed by atoms with Crippen molar-refractivity contribution in [1.29, 1.82) is 0 Å². The zero-order valence-corrected chi connectivity index (χ0v) is 21.3. The third-order valence-electron chi connectivity index (χ3n) is 6.69. The summed E-state index contributed by atoms with van der Waals surface area (Å²) in [6.45, 7) is 6.57. The first kappa shape index (κ1) is 24.8. The standard InChI is InChI=1S/C23H24FN5OS.C4H9N/c24-18-8-3-2-7-17(18)21-26-23-29(27-21)19-10-9-16(15-20(19)31-23)22(30)25-11-6-14-28-12-4-1-5-13-28;1-2-4-5-3-1/h2-3,7-10,15H,1,4-6,11-14H2,(H,25,30);5H,1-4H2. The van der Waals surface area contributed by atoms with Crippen LogP contribution in [0.25, 0.3) is 26.6 Å². The molecule has 6 rings (SSSR count). The van der Waals surface area contributed by atoms with Gasteiger partial charge in [0, 0.05) is 12.1 Å². The number of rotatable bonds is 6. The van der Waals surface area contributed by atoms with E-state index in [2.05, 4.69) is 25.6 Å². The molecule has 0 aliphatic carbocycles. The highest BCUT2D eigenvalue weighted by atomic mass is 32.1. The summed E-state index contributed by atoms with van der Waals surface area (Å²) in [6, 6.07) is 12.0. The minimum Gasteiger partial charge on any atom is -0.352 e. The van der Waals surface area contributed by atoms with E-state index < -0.39 is 0 Å². The van der Waals surface area contributed by atoms with Crippen LogP contribution >= 0.6 is 11.3 Å². The molecule has 0 bridgehead atoms. The van der Waals surface area contributed by atoms with E-state index in [0.717, 1.165) is 23.2 Å². The van der Waals surface area contributed by atoms with Crippen LogP contribution in [0.2, 0.25) is 0 Å². The van der Waals surface area contributed by atoms with Gasteiger partial charge >= 0.3 is 0 Å². The van der Waals surface area contributed by atoms with Crippen LogP contribution < -0.4 is 10.6 Å². The van der Waals surface area contributed by atoms with Gasteiger partial charge in [-0.2, -0.15) is 4.98 Å². The fraction of sp³-hybridized carbons (Fsp3) is 0.444. The number of piperidine rings is 1. The van der Waals surface area contributed by atoms with Crippen molar-refractivity contribution < 1.29 is 9.18 Å². The lowest BCUT2D eigenvalue weighted by molar-refractivity contribution is 0.0951. The summed E-state index contributed by atoms with van der Waals surface area (Å²) in [5.41, 5.74) is 1.87. The van der Waals surface area contributed by atoms with Crippen molar-refractivity contribution in [3.8, 4) is 11.4 Å². The van der Waals surface area contributed by atoms with Crippen molar-refractivity contribution in [2.75, 3.05) is 39.3 Å². The number of hydrogen-bond acceptors (Lipinski definition) is 6. The van der Waals surface area contributed by atoms with Crippen LogP contribution in [0.4, 0.5) is 4.39 Å². The summed E-state index contributed by atoms with van der Waals surface area (Å²) in [5, 5.41) is 10.7. The summed E-state index contributed by atoms with van der Waals surface area (Å²) < 4.78 is 16.7. The fourth-order valence-electron chi connectivity index (χ4n) is 4.70. The number of nitrogens with one attached hydrogen (secondary N) is 2. The van der Waals surface area contributed by atoms with Crippen molar-refractivity contribution in [2.24, 2.45) is 0 Å². The van der Waals surface area contributed by atoms with E-state index in [1.165, 1.54) is 75.7 Å². The molecule has 0 spiro atoms. The predicted molar refractivity (Wildman–Crippen MR) is 143 cm³/mol. The van der Waals surface area contributed by atoms with Crippen LogP contribution in [0.3, 0.4) is 0 Å². The summed E-state index contributed by atoms with van der Waals surface area (Å²) in [7, 11) is 0. The van der Waals surface area contributed by atoms with Crippen LogP contribution in [0.1, 0.15) is 48.9 Å². The van der Waals surface area contributed by atoms with E-state index in [-0.39, 0.29) is 11.7 Å². The summed E-state index contributed by atoms with van der Waals surface area (Å²) >= 11 is 1.44. The first-order valence-corrected chi connectivity index (χ1v) is 13.8. The highest BCUT2D eigenvalue weighted by Crippen LogP contribution is 2.29. The molecular weight excluding hydrogens is 475 g/mol. The molecule has 0 atom stereocenters. The molecule has 4 heterocycles. The lowest BCUT2D eigenvalue weighted by Crippen LogP contribution is -2.33. The Kier molecular flexibility index (Phi) is 8.20. The third kappa shape index (κ3) is 5.91. The largest absolute Gasteiger partial charge is 0.352 e. The quantitative estimate of drug-likeness (QED) is 0.369. The topological polar surface area (TPSA) is 74.6 Å². The number of amides is 1. The Bertz CT molecular complexity index is 1300. The molecule has 1 amide bonds. The van der Waals surface area contributed by atoms with Crippen LogP contribution in [0.5, 0.6) is 0 Å². The number of aromatic nitrogens is 3. The molecule has 2 fully saturated rings. The number of hydrogen-bond donors (Lipinski definition) is 2. The number of carbonyl (C=O) groups excluding carboxylic acids is 1. The Balaban J connectivity index is 0.000000477. The Labute approximate surface area is 214 Å². The second-order valence-electron chi connectivity index (χ2n) is 9.36. The van der Waals surface area contributed by atoms with E-state index in [0.29, 0.717) is 28.5 Å². The van der Waals surface area contributed by atoms with Crippen LogP contribution in [-0.4, -0.2) is 64.7 Å². The van der Waals surface area contributed by atoms with Gasteiger partial charge in [0.2, 0.25) is 4.96 Å². The zero-order valence-electron chi connectivity index (χ0n) is 20.5. The van der Waals surface area contributed by atoms with Gasteiger partial charge in [-0.3, -0.25) is 4.79 Å². The second-order valence-corrected chi connectivity index (χ2v) is 10.4. The molecular formula is C27H33FN6OS. The van der Waals surface area contributed by atoms with Crippen molar-refractivity contribution in [3.05, 3.63) is 53.8 Å². The highest BCUT2D eigenvalue weighted by Gasteiger charge is 2.16. The minimum absolute atomic E-state index is 0.0633. The van der Waals surface area contributed by atoms with E-state index in [1.54, 1.807) is 28.8 Å². The number of likely N-dealkylation sites (tertiary alicyclic amines) is 1. The maximum absolute atomic E-state index is 14.1. The summed E-state index contributed by atoms with van der Waals surface area (Å²) in [4.78, 5) is 20.2. The van der Waals surface area contributed by atoms with Gasteiger partial charge in [0.25, 0.3) is 5.91 Å². The van der Waals surface area contributed by atoms with E-state index in [4.69, 9.17) is 0 Å². The van der Waals surface area contributed by atoms with Gasteiger partial charge in [-0.15, -0.1) is 5.10 Å². The van der Waals surface area contributed by atoms with Gasteiger partial charge < -0.3 is 15.5 Å². The maximum Gasteiger partial charge on any atom is 0.251 e. The van der Waals surface area contributed by atoms with Crippen molar-refractivity contribution in [3.63, 3.8) is 0 Å². The Hall–Kier alpha value is -2.88. The number of carbonyl (C=O) groups is 1. The number of benzene rings is 2. The highest BCUT2D eigenvalue weighted by molar-refractivity contribution is 7.23. The first-order valence-electron chi connectivity index (χ1n) is 12.9. The summed E-state index contributed by atoms with van der Waals surface area (Å²) in [6.07, 6.45) is 7.65. The van der Waals surface area contributed by atoms with Crippen molar-refractivity contribution >= 4 is 32.4 Å². The van der Waals surface area contributed by atoms with Gasteiger partial charge in [0.15, 0.2) is 5.82 Å². The molecule has 190 valence electrons. The molecule has 2 aromatic heterocycles. The van der Waals surface area contributed by atoms with Crippen LogP contribution in [0, 0.1) is 5.82 Å². The Morgan fingerprint density at radius 1 is 1.06 bits per heavy atom. The van der Waals surface area contributed by atoms with Gasteiger partial charge in [-0.1, -0.05) is 29.9 Å². The van der Waals surface area contributed by atoms with E-state index in [1.807, 2.05) is 12.1 Å². The smallest absolute Gasteiger partial charge is 0.251 e. The van der Waals surface area contributed by atoms with Crippen molar-refractivity contribution in [1.82, 2.24) is 30.1 Å². The monoisotopic (exact) mass is 508 g/mol. The molecule has 0 saturated carbocycles. The maximum atomic E-state index is 14.1. The molecule has 2 N–H and O–H groups in total. The average molecular weight is 509 g/mol. The molecule has 7 nitrogen and oxygen atoms in total. The number of halogens is 1. The molecule has 2 saturated heterocycles. The molecule has 0 unspecified atom stereocenters. The van der Waals surface area contributed by atoms with E-state index >= 15 is 0 Å². The normalized spacial score (nSPS) is 16.2. The van der Waals surface area contributed by atoms with Gasteiger partial charge in [0.05, 0.1) is 15.8 Å². The molecule has 9 heteroatoms. The van der Waals surface area contributed by atoms with Gasteiger partial charge in [-0.05, 0) is 95.2 Å². The SMILES string of the molecule is C1CCNC1.O=C(NCCCN1CCCCC1)c1ccc2c(c1)sc1nc(-c3ccccc3F)nn12. The Morgan fingerprint density at radius 2 is 1.86 bits per heavy atom. The molecule has 36 heavy (non-hydrogen) atoms.